The summed E-state index contributed by atoms with van der Waals surface area (Å²) in [6, 6.07) is 14.2. The molecule has 4 heterocycles. The first-order valence-electron chi connectivity index (χ1n) is 18.6. The van der Waals surface area contributed by atoms with Crippen LogP contribution in [0.4, 0.5) is 0 Å². The van der Waals surface area contributed by atoms with Gasteiger partial charge in [-0.25, -0.2) is 9.59 Å². The molecule has 0 fully saturated rings. The Hall–Kier alpha value is -4.24. The fourth-order valence-electron chi connectivity index (χ4n) is 5.52. The molecule has 4 aromatic rings. The number of aromatic nitrogens is 4. The molecule has 0 aromatic carbocycles. The zero-order valence-electron chi connectivity index (χ0n) is 34.8. The summed E-state index contributed by atoms with van der Waals surface area (Å²) in [5, 5.41) is 34.6. The molecule has 1 radical (unpaired) electrons. The number of thiocarbonyl (C=S) groups is 2. The van der Waals surface area contributed by atoms with Gasteiger partial charge in [0.25, 0.3) is 0 Å². The van der Waals surface area contributed by atoms with Gasteiger partial charge in [0.1, 0.15) is 0 Å². The van der Waals surface area contributed by atoms with Gasteiger partial charge in [-0.1, -0.05) is 115 Å². The summed E-state index contributed by atoms with van der Waals surface area (Å²) >= 11 is 7.40. The number of aromatic carboxylic acids is 2. The van der Waals surface area contributed by atoms with Crippen LogP contribution in [0.1, 0.15) is 136 Å². The molecule has 10 nitrogen and oxygen atoms in total. The molecule has 0 aliphatic rings. The largest absolute Gasteiger partial charge is 5.00 e. The van der Waals surface area contributed by atoms with Crippen molar-refractivity contribution in [2.45, 2.75) is 117 Å². The predicted octanol–water partition coefficient (Wildman–Crippen LogP) is 12.9. The van der Waals surface area contributed by atoms with Crippen molar-refractivity contribution in [1.29, 1.82) is 0 Å². The van der Waals surface area contributed by atoms with Crippen LogP contribution in [0.25, 0.3) is 33.6 Å². The SMILES string of the molecule is CCCCCCCCCc1ccnc(-c2cc(CCCCCCCCC)ccn2)c1.O=C(O)c1ccnc(-c2cc(C(=O)O)ccn2)c1.[CH3-].[CH3-].[CH3-].[N-]=C=S.[N-]=C=S.[Ru+5]. The van der Waals surface area contributed by atoms with Crippen LogP contribution in [-0.4, -0.2) is 52.4 Å². The van der Waals surface area contributed by atoms with Crippen LogP contribution in [0.15, 0.2) is 73.3 Å². The second-order valence-corrected chi connectivity index (χ2v) is 12.9. The Morgan fingerprint density at radius 1 is 0.517 bits per heavy atom. The van der Waals surface area contributed by atoms with Crippen LogP contribution in [-0.2, 0) is 32.3 Å². The van der Waals surface area contributed by atoms with E-state index in [1.165, 1.54) is 148 Å². The molecule has 0 spiro atoms. The number of carboxylic acid groups (broad SMARTS) is 2. The number of hydrogen-bond donors (Lipinski definition) is 2. The number of rotatable bonds is 20. The summed E-state index contributed by atoms with van der Waals surface area (Å²) in [6.07, 6.45) is 27.9. The van der Waals surface area contributed by atoms with Crippen LogP contribution in [0.3, 0.4) is 0 Å². The minimum atomic E-state index is -1.08. The third-order valence-electron chi connectivity index (χ3n) is 8.33. The Morgan fingerprint density at radius 3 is 1.07 bits per heavy atom. The van der Waals surface area contributed by atoms with E-state index in [9.17, 15) is 9.59 Å². The van der Waals surface area contributed by atoms with E-state index < -0.39 is 11.9 Å². The van der Waals surface area contributed by atoms with E-state index in [1.807, 2.05) is 12.4 Å². The van der Waals surface area contributed by atoms with Gasteiger partial charge in [-0.05, 0) is 85.3 Å². The third-order valence-corrected chi connectivity index (χ3v) is 8.33. The topological polar surface area (TPSA) is 171 Å². The number of unbranched alkanes of at least 4 members (excludes halogenated alkanes) is 12. The van der Waals surface area contributed by atoms with Gasteiger partial charge in [-0.3, -0.25) is 19.9 Å². The van der Waals surface area contributed by atoms with Gasteiger partial charge in [0.05, 0.1) is 33.9 Å². The van der Waals surface area contributed by atoms with Gasteiger partial charge in [0.2, 0.25) is 0 Å². The number of nitrogens with zero attached hydrogens (tertiary/aromatic N) is 6. The van der Waals surface area contributed by atoms with Crippen molar-refractivity contribution < 1.29 is 39.3 Å². The van der Waals surface area contributed by atoms with Crippen molar-refractivity contribution in [2.75, 3.05) is 0 Å². The Balaban J connectivity index is -0.000000447. The van der Waals surface area contributed by atoms with Gasteiger partial charge in [0, 0.05) is 24.8 Å². The number of hydrogen-bond acceptors (Lipinski definition) is 8. The summed E-state index contributed by atoms with van der Waals surface area (Å²) in [6.45, 7) is 4.56. The molecule has 2 N–H and O–H groups in total. The quantitative estimate of drug-likeness (QED) is 0.0286. The summed E-state index contributed by atoms with van der Waals surface area (Å²) in [5.74, 6) is -2.15. The Kier molecular flexibility index (Phi) is 41.2. The van der Waals surface area contributed by atoms with Crippen molar-refractivity contribution in [3.63, 3.8) is 0 Å². The standard InChI is InChI=1S/C28H44N2.C12H8N2O4.2CNS.3CH3.Ru/c1-3-5-7-9-11-13-15-17-25-19-21-29-27(23-25)28-24-26(20-22-30-28)18-16-14-12-10-8-6-4-2;15-11(16)7-1-3-13-9(5-7)10-6-8(12(17)18)2-4-14-10;2*2-1-3;;;;/h19-24H,3-18H2,1-2H3;1-6H,(H,15,16)(H,17,18);;;3*1H3;/q;;5*-1;+5. The molecule has 0 atom stereocenters. The minimum Gasteiger partial charge on any atom is -0.753 e. The molecule has 4 rings (SSSR count). The first-order chi connectivity index (χ1) is 26.2. The molecule has 0 unspecified atom stereocenters. The van der Waals surface area contributed by atoms with Gasteiger partial charge in [-0.15, -0.1) is 0 Å². The van der Waals surface area contributed by atoms with Gasteiger partial charge in [-0.2, -0.15) is 10.3 Å². The van der Waals surface area contributed by atoms with E-state index in [0.717, 1.165) is 24.2 Å². The molecule has 0 aliphatic heterocycles. The number of aryl methyl sites for hydroxylation is 2. The Morgan fingerprint density at radius 2 is 0.776 bits per heavy atom. The van der Waals surface area contributed by atoms with Crippen LogP contribution in [0.5, 0.6) is 0 Å². The molecular formula is C45H61N6O4RuS2. The van der Waals surface area contributed by atoms with E-state index in [-0.39, 0.29) is 52.9 Å². The average molecular weight is 915 g/mol. The van der Waals surface area contributed by atoms with E-state index in [0.29, 0.717) is 11.4 Å². The number of isothiocyanates is 2. The number of pyridine rings is 4. The normalized spacial score (nSPS) is 9.14. The molecule has 13 heteroatoms. The number of carboxylic acids is 2. The molecule has 0 aliphatic carbocycles. The van der Waals surface area contributed by atoms with Crippen molar-refractivity contribution >= 4 is 46.7 Å². The maximum Gasteiger partial charge on any atom is 5.00 e. The van der Waals surface area contributed by atoms with E-state index in [1.54, 1.807) is 0 Å². The second-order valence-electron chi connectivity index (χ2n) is 12.5. The summed E-state index contributed by atoms with van der Waals surface area (Å²) < 4.78 is 0. The monoisotopic (exact) mass is 915 g/mol. The molecule has 315 valence electrons. The maximum absolute atomic E-state index is 10.8. The van der Waals surface area contributed by atoms with Crippen molar-refractivity contribution in [2.24, 2.45) is 0 Å². The third kappa shape index (κ3) is 27.4. The van der Waals surface area contributed by atoms with E-state index in [4.69, 9.17) is 21.0 Å². The molecule has 4 aromatic heterocycles. The first-order valence-corrected chi connectivity index (χ1v) is 19.4. The predicted molar refractivity (Wildman–Crippen MR) is 243 cm³/mol. The fraction of sp³-hybridized carbons (Fsp3) is 0.400. The summed E-state index contributed by atoms with van der Waals surface area (Å²) in [7, 11) is 0. The first kappa shape index (κ1) is 60.4. The molecule has 0 saturated carbocycles. The molecule has 0 amide bonds. The molecular weight excluding hydrogens is 854 g/mol. The number of carbonyl (C=O) groups is 2. The summed E-state index contributed by atoms with van der Waals surface area (Å²) in [4.78, 5) is 38.8. The van der Waals surface area contributed by atoms with Gasteiger partial charge < -0.3 is 43.3 Å². The van der Waals surface area contributed by atoms with Gasteiger partial charge in [0.15, 0.2) is 0 Å². The average Bonchev–Trinajstić information content (AvgIpc) is 3.18. The van der Waals surface area contributed by atoms with Crippen LogP contribution < -0.4 is 0 Å². The van der Waals surface area contributed by atoms with E-state index >= 15 is 0 Å². The van der Waals surface area contributed by atoms with Crippen LogP contribution in [0.2, 0.25) is 0 Å². The Bertz CT molecular complexity index is 1620. The zero-order chi connectivity index (χ0) is 39.8. The second kappa shape index (κ2) is 39.6. The Labute approximate surface area is 372 Å². The van der Waals surface area contributed by atoms with Gasteiger partial charge >= 0.3 is 31.4 Å². The smallest absolute Gasteiger partial charge is 0.753 e. The molecule has 0 bridgehead atoms. The van der Waals surface area contributed by atoms with Crippen molar-refractivity contribution in [1.82, 2.24) is 19.9 Å². The minimum absolute atomic E-state index is 0. The molecule has 58 heavy (non-hydrogen) atoms. The van der Waals surface area contributed by atoms with Crippen molar-refractivity contribution in [3.05, 3.63) is 129 Å². The molecule has 0 saturated heterocycles. The van der Waals surface area contributed by atoms with Crippen molar-refractivity contribution in [3.8, 4) is 22.8 Å². The van der Waals surface area contributed by atoms with Crippen LogP contribution in [0, 0.1) is 22.3 Å². The van der Waals surface area contributed by atoms with Crippen LogP contribution >= 0.6 is 24.4 Å². The van der Waals surface area contributed by atoms with E-state index in [2.05, 4.69) is 82.5 Å². The maximum atomic E-state index is 10.8. The summed E-state index contributed by atoms with van der Waals surface area (Å²) in [5.41, 5.74) is 5.62. The zero-order valence-corrected chi connectivity index (χ0v) is 38.2. The fourth-order valence-corrected chi connectivity index (χ4v) is 5.52.